The molecule has 8 heteroatoms. The molecule has 0 spiro atoms. The molecule has 3 aromatic heterocycles. The van der Waals surface area contributed by atoms with E-state index in [2.05, 4.69) is 62.7 Å². The lowest BCUT2D eigenvalue weighted by Crippen LogP contribution is -2.57. The minimum absolute atomic E-state index is 0.0272. The molecule has 1 unspecified atom stereocenters. The molecule has 3 atom stereocenters. The Bertz CT molecular complexity index is 1560. The zero-order chi connectivity index (χ0) is 26.3. The number of nitrogens with zero attached hydrogens (tertiary/aromatic N) is 6. The van der Waals surface area contributed by atoms with Crippen molar-refractivity contribution in [2.45, 2.75) is 38.9 Å². The lowest BCUT2D eigenvalue weighted by molar-refractivity contribution is 0.129. The van der Waals surface area contributed by atoms with Crippen molar-refractivity contribution in [2.75, 3.05) is 18.0 Å². The summed E-state index contributed by atoms with van der Waals surface area (Å²) in [6, 6.07) is 14.9. The van der Waals surface area contributed by atoms with Crippen molar-refractivity contribution < 1.29 is 4.39 Å². The quantitative estimate of drug-likeness (QED) is 0.372. The van der Waals surface area contributed by atoms with Gasteiger partial charge in [-0.3, -0.25) is 14.7 Å². The summed E-state index contributed by atoms with van der Waals surface area (Å²) >= 11 is 0. The van der Waals surface area contributed by atoms with E-state index in [1.807, 2.05) is 6.92 Å². The van der Waals surface area contributed by atoms with Crippen molar-refractivity contribution in [3.63, 3.8) is 0 Å². The van der Waals surface area contributed by atoms with Gasteiger partial charge in [-0.1, -0.05) is 36.4 Å². The van der Waals surface area contributed by atoms with Gasteiger partial charge in [0.1, 0.15) is 5.82 Å². The zero-order valence-electron chi connectivity index (χ0n) is 21.4. The Morgan fingerprint density at radius 3 is 2.49 bits per heavy atom. The molecule has 7 nitrogen and oxygen atoms in total. The van der Waals surface area contributed by atoms with Gasteiger partial charge in [0.15, 0.2) is 0 Å². The molecule has 1 aliphatic rings. The highest BCUT2D eigenvalue weighted by Gasteiger charge is 2.36. The number of aryl methyl sites for hydroxylation is 2. The smallest absolute Gasteiger partial charge is 0.270 e. The fourth-order valence-corrected chi connectivity index (χ4v) is 5.33. The predicted octanol–water partition coefficient (Wildman–Crippen LogP) is 5.02. The molecule has 1 aliphatic heterocycles. The first-order valence-electron chi connectivity index (χ1n) is 12.3. The van der Waals surface area contributed by atoms with Crippen molar-refractivity contribution in [2.24, 2.45) is 7.05 Å². The van der Waals surface area contributed by atoms with Crippen LogP contribution in [0.2, 0.25) is 0 Å². The van der Waals surface area contributed by atoms with E-state index >= 15 is 0 Å². The minimum atomic E-state index is -0.359. The van der Waals surface area contributed by atoms with Gasteiger partial charge in [-0.05, 0) is 50.1 Å². The summed E-state index contributed by atoms with van der Waals surface area (Å²) in [6.07, 6.45) is 2.96. The molecular formula is C29H29FN6O. The van der Waals surface area contributed by atoms with Crippen LogP contribution in [0.3, 0.4) is 0 Å². The second-order valence-corrected chi connectivity index (χ2v) is 9.87. The second kappa shape index (κ2) is 9.75. The van der Waals surface area contributed by atoms with Crippen molar-refractivity contribution in [3.05, 3.63) is 105 Å². The minimum Gasteiger partial charge on any atom is -0.362 e. The number of anilines is 1. The molecule has 0 bridgehead atoms. The lowest BCUT2D eigenvalue weighted by atomic mass is 9.93. The van der Waals surface area contributed by atoms with Crippen molar-refractivity contribution in [3.8, 4) is 0 Å². The molecule has 1 aromatic carbocycles. The highest BCUT2D eigenvalue weighted by molar-refractivity contribution is 5.89. The summed E-state index contributed by atoms with van der Waals surface area (Å²) in [5.74, 6) is -0.0630. The van der Waals surface area contributed by atoms with E-state index in [0.717, 1.165) is 22.4 Å². The topological polar surface area (TPSA) is 58.6 Å². The number of halogens is 1. The van der Waals surface area contributed by atoms with E-state index in [1.54, 1.807) is 42.1 Å². The molecular weight excluding hydrogens is 467 g/mol. The number of pyridine rings is 3. The Morgan fingerprint density at radius 1 is 1.03 bits per heavy atom. The number of aromatic nitrogens is 3. The number of hydrogen-bond acceptors (Lipinski definition) is 5. The van der Waals surface area contributed by atoms with E-state index in [-0.39, 0.29) is 29.5 Å². The number of hydrogen-bond donors (Lipinski definition) is 0. The van der Waals surface area contributed by atoms with Gasteiger partial charge < -0.3 is 14.3 Å². The maximum atomic E-state index is 14.3. The van der Waals surface area contributed by atoms with Crippen LogP contribution in [0.1, 0.15) is 36.6 Å². The standard InChI is InChI=1S/C29H29FN6O/c1-18-6-8-21(9-7-18)29(22-12-23(30)15-32-14-22)36-17-19(2)35(16-20(36)3)25-13-27(37)34(5)24-10-11-26(31-4)33-28(24)25/h6-15,19-20,29H,16-17H2,1-3,5H3/t19-,20+,29?/m0/s1. The number of rotatable bonds is 4. The second-order valence-electron chi connectivity index (χ2n) is 9.87. The number of fused-ring (bicyclic) bond motifs is 1. The molecule has 4 heterocycles. The Kier molecular flexibility index (Phi) is 6.48. The molecule has 1 fully saturated rings. The average Bonchev–Trinajstić information content (AvgIpc) is 2.89. The van der Waals surface area contributed by atoms with Gasteiger partial charge >= 0.3 is 0 Å². The summed E-state index contributed by atoms with van der Waals surface area (Å²) in [5, 5.41) is 0. The maximum Gasteiger partial charge on any atom is 0.270 e. The van der Waals surface area contributed by atoms with Crippen LogP contribution in [0.15, 0.2) is 65.7 Å². The third kappa shape index (κ3) is 4.58. The average molecular weight is 497 g/mol. The van der Waals surface area contributed by atoms with Crippen LogP contribution < -0.4 is 10.5 Å². The number of benzene rings is 1. The first kappa shape index (κ1) is 24.6. The summed E-state index contributed by atoms with van der Waals surface area (Å²) in [7, 11) is 1.72. The van der Waals surface area contributed by atoms with Gasteiger partial charge in [-0.15, -0.1) is 4.98 Å². The molecule has 188 valence electrons. The third-order valence-corrected chi connectivity index (χ3v) is 7.28. The van der Waals surface area contributed by atoms with Crippen molar-refractivity contribution in [1.29, 1.82) is 0 Å². The van der Waals surface area contributed by atoms with Gasteiger partial charge in [0.05, 0.1) is 23.4 Å². The highest BCUT2D eigenvalue weighted by atomic mass is 19.1. The van der Waals surface area contributed by atoms with Crippen LogP contribution in [-0.2, 0) is 7.05 Å². The summed E-state index contributed by atoms with van der Waals surface area (Å²) < 4.78 is 15.8. The fraction of sp³-hybridized carbons (Fsp3) is 0.310. The van der Waals surface area contributed by atoms with E-state index in [1.165, 1.54) is 6.20 Å². The van der Waals surface area contributed by atoms with E-state index < -0.39 is 0 Å². The normalized spacial score (nSPS) is 19.1. The SMILES string of the molecule is [C-]#[N+]c1ccc2c(n1)c(N1C[C@@H](C)N(C(c3ccc(C)cc3)c3cncc(F)c3)C[C@@H]1C)cc(=O)n2C. The first-order chi connectivity index (χ1) is 17.8. The molecule has 0 amide bonds. The molecule has 5 rings (SSSR count). The van der Waals surface area contributed by atoms with Crippen LogP contribution in [0, 0.1) is 19.3 Å². The molecule has 0 N–H and O–H groups in total. The molecule has 0 aliphatic carbocycles. The van der Waals surface area contributed by atoms with E-state index in [0.29, 0.717) is 29.9 Å². The van der Waals surface area contributed by atoms with Crippen LogP contribution >= 0.6 is 0 Å². The van der Waals surface area contributed by atoms with Crippen LogP contribution in [-0.4, -0.2) is 44.6 Å². The Hall–Kier alpha value is -4.09. The molecule has 0 radical (unpaired) electrons. The fourth-order valence-electron chi connectivity index (χ4n) is 5.33. The first-order valence-corrected chi connectivity index (χ1v) is 12.3. The lowest BCUT2D eigenvalue weighted by Gasteiger charge is -2.48. The molecule has 1 saturated heterocycles. The van der Waals surface area contributed by atoms with E-state index in [9.17, 15) is 9.18 Å². The van der Waals surface area contributed by atoms with Gasteiger partial charge in [0.25, 0.3) is 11.4 Å². The van der Waals surface area contributed by atoms with Crippen LogP contribution in [0.5, 0.6) is 0 Å². The summed E-state index contributed by atoms with van der Waals surface area (Å²) in [5.41, 5.74) is 5.00. The van der Waals surface area contributed by atoms with Crippen LogP contribution in [0.4, 0.5) is 15.9 Å². The molecule has 0 saturated carbocycles. The third-order valence-electron chi connectivity index (χ3n) is 7.28. The van der Waals surface area contributed by atoms with Gasteiger partial charge in [-0.2, -0.15) is 0 Å². The van der Waals surface area contributed by atoms with Crippen molar-refractivity contribution >= 4 is 22.5 Å². The Morgan fingerprint density at radius 2 is 1.78 bits per heavy atom. The van der Waals surface area contributed by atoms with Crippen LogP contribution in [0.25, 0.3) is 15.9 Å². The largest absolute Gasteiger partial charge is 0.362 e. The van der Waals surface area contributed by atoms with Gasteiger partial charge in [-0.25, -0.2) is 4.39 Å². The van der Waals surface area contributed by atoms with Crippen molar-refractivity contribution in [1.82, 2.24) is 19.4 Å². The molecule has 4 aromatic rings. The zero-order valence-corrected chi connectivity index (χ0v) is 21.4. The summed E-state index contributed by atoms with van der Waals surface area (Å²) in [6.45, 7) is 15.0. The Balaban J connectivity index is 1.56. The van der Waals surface area contributed by atoms with E-state index in [4.69, 9.17) is 6.57 Å². The summed E-state index contributed by atoms with van der Waals surface area (Å²) in [4.78, 5) is 29.6. The van der Waals surface area contributed by atoms with Gasteiger partial charge in [0, 0.05) is 44.5 Å². The highest BCUT2D eigenvalue weighted by Crippen LogP contribution is 2.36. The monoisotopic (exact) mass is 496 g/mol. The molecule has 37 heavy (non-hydrogen) atoms. The Labute approximate surface area is 215 Å². The van der Waals surface area contributed by atoms with Gasteiger partial charge in [0.2, 0.25) is 5.52 Å². The maximum absolute atomic E-state index is 14.3. The number of piperazine rings is 1. The predicted molar refractivity (Wildman–Crippen MR) is 143 cm³/mol.